The Morgan fingerprint density at radius 3 is 2.29 bits per heavy atom. The molecular weight excluding hydrogens is 440 g/mol. The molecule has 0 aliphatic heterocycles. The molecule has 0 fully saturated rings. The number of anilines is 2. The zero-order valence-corrected chi connectivity index (χ0v) is 18.8. The second-order valence-electron chi connectivity index (χ2n) is 7.69. The minimum Gasteiger partial charge on any atom is -0.362 e. The summed E-state index contributed by atoms with van der Waals surface area (Å²) in [6.45, 7) is 3.63. The van der Waals surface area contributed by atoms with Gasteiger partial charge >= 0.3 is 0 Å². The Labute approximate surface area is 202 Å². The average molecular weight is 465 g/mol. The van der Waals surface area contributed by atoms with E-state index in [1.165, 1.54) is 16.8 Å². The van der Waals surface area contributed by atoms with Crippen molar-refractivity contribution in [3.05, 3.63) is 138 Å². The molecule has 0 saturated carbocycles. The molecule has 4 aromatic rings. The number of hydrogen-bond donors (Lipinski definition) is 3. The highest BCUT2D eigenvalue weighted by Crippen LogP contribution is 2.19. The third-order valence-electron chi connectivity index (χ3n) is 5.30. The van der Waals surface area contributed by atoms with Crippen molar-refractivity contribution in [2.75, 3.05) is 10.6 Å². The number of amides is 2. The fraction of sp³-hybridized carbons (Fsp3) is 0.0357. The van der Waals surface area contributed by atoms with Gasteiger partial charge in [-0.15, -0.1) is 0 Å². The molecule has 3 N–H and O–H groups in total. The molecule has 2 amide bonds. The normalized spacial score (nSPS) is 11.2. The van der Waals surface area contributed by atoms with Gasteiger partial charge in [0.2, 0.25) is 0 Å². The number of carbonyl (C=O) groups is 2. The van der Waals surface area contributed by atoms with Crippen molar-refractivity contribution in [2.45, 2.75) is 6.04 Å². The highest BCUT2D eigenvalue weighted by atomic mass is 16.2. The van der Waals surface area contributed by atoms with Gasteiger partial charge in [-0.05, 0) is 60.3 Å². The van der Waals surface area contributed by atoms with Gasteiger partial charge in [0.25, 0.3) is 17.4 Å². The Morgan fingerprint density at radius 2 is 1.57 bits per heavy atom. The van der Waals surface area contributed by atoms with Crippen LogP contribution in [0.15, 0.2) is 121 Å². The molecule has 1 heterocycles. The third-order valence-corrected chi connectivity index (χ3v) is 5.30. The molecule has 0 bridgehead atoms. The molecule has 0 radical (unpaired) electrons. The Balaban J connectivity index is 1.54. The van der Waals surface area contributed by atoms with Crippen LogP contribution in [0.2, 0.25) is 0 Å². The predicted molar refractivity (Wildman–Crippen MR) is 138 cm³/mol. The lowest BCUT2D eigenvalue weighted by Gasteiger charge is -2.19. The fourth-order valence-corrected chi connectivity index (χ4v) is 3.59. The summed E-state index contributed by atoms with van der Waals surface area (Å²) in [7, 11) is 0. The van der Waals surface area contributed by atoms with Crippen LogP contribution in [0.25, 0.3) is 5.69 Å². The summed E-state index contributed by atoms with van der Waals surface area (Å²) in [5.74, 6) is -0.782. The highest BCUT2D eigenvalue weighted by Gasteiger charge is 2.23. The van der Waals surface area contributed by atoms with E-state index >= 15 is 0 Å². The molecule has 35 heavy (non-hydrogen) atoms. The molecule has 1 aromatic heterocycles. The quantitative estimate of drug-likeness (QED) is 0.358. The highest BCUT2D eigenvalue weighted by molar-refractivity contribution is 6.02. The van der Waals surface area contributed by atoms with Crippen LogP contribution in [0.5, 0.6) is 0 Å². The molecule has 1 atom stereocenters. The smallest absolute Gasteiger partial charge is 0.255 e. The molecule has 174 valence electrons. The largest absolute Gasteiger partial charge is 0.362 e. The van der Waals surface area contributed by atoms with E-state index in [0.29, 0.717) is 28.2 Å². The van der Waals surface area contributed by atoms with Crippen LogP contribution in [-0.4, -0.2) is 16.4 Å². The lowest BCUT2D eigenvalue weighted by Crippen LogP contribution is -2.37. The molecule has 0 aliphatic rings. The van der Waals surface area contributed by atoms with Crippen molar-refractivity contribution in [3.63, 3.8) is 0 Å². The number of aromatic nitrogens is 1. The number of benzene rings is 3. The van der Waals surface area contributed by atoms with E-state index in [1.54, 1.807) is 72.9 Å². The van der Waals surface area contributed by atoms with Gasteiger partial charge in [0, 0.05) is 34.9 Å². The maximum Gasteiger partial charge on any atom is 0.255 e. The lowest BCUT2D eigenvalue weighted by atomic mass is 10.0. The molecule has 3 aromatic carbocycles. The molecule has 7 nitrogen and oxygen atoms in total. The maximum atomic E-state index is 13.3. The Kier molecular flexibility index (Phi) is 7.18. The van der Waals surface area contributed by atoms with Crippen LogP contribution in [0.4, 0.5) is 11.4 Å². The topological polar surface area (TPSA) is 92.2 Å². The van der Waals surface area contributed by atoms with Crippen molar-refractivity contribution in [3.8, 4) is 5.69 Å². The number of rotatable bonds is 8. The predicted octanol–water partition coefficient (Wildman–Crippen LogP) is 4.50. The average Bonchev–Trinajstić information content (AvgIpc) is 2.89. The molecule has 0 saturated heterocycles. The van der Waals surface area contributed by atoms with Crippen LogP contribution >= 0.6 is 0 Å². The number of nitrogens with zero attached hydrogens (tertiary/aromatic N) is 1. The van der Waals surface area contributed by atoms with Gasteiger partial charge in [-0.1, -0.05) is 49.0 Å². The fourth-order valence-electron chi connectivity index (χ4n) is 3.59. The SMILES string of the molecule is C=CNc1cccc(C(=O)NC(C(=O)Nc2ccc(-n3ccccc3=O)cc2)c2ccccc2)c1. The summed E-state index contributed by atoms with van der Waals surface area (Å²) in [6, 6.07) is 26.8. The monoisotopic (exact) mass is 464 g/mol. The van der Waals surface area contributed by atoms with Crippen molar-refractivity contribution in [2.24, 2.45) is 0 Å². The molecule has 7 heteroatoms. The van der Waals surface area contributed by atoms with Crippen LogP contribution in [0.1, 0.15) is 22.0 Å². The second-order valence-corrected chi connectivity index (χ2v) is 7.69. The number of nitrogens with one attached hydrogen (secondary N) is 3. The van der Waals surface area contributed by atoms with E-state index in [9.17, 15) is 14.4 Å². The molecule has 0 spiro atoms. The van der Waals surface area contributed by atoms with Crippen LogP contribution in [0.3, 0.4) is 0 Å². The molecule has 0 aliphatic carbocycles. The first-order chi connectivity index (χ1) is 17.0. The Bertz CT molecular complexity index is 1400. The van der Waals surface area contributed by atoms with Gasteiger partial charge in [0.15, 0.2) is 0 Å². The van der Waals surface area contributed by atoms with E-state index in [1.807, 2.05) is 24.3 Å². The van der Waals surface area contributed by atoms with Gasteiger partial charge in [-0.2, -0.15) is 0 Å². The van der Waals surface area contributed by atoms with E-state index < -0.39 is 11.9 Å². The molecule has 1 unspecified atom stereocenters. The van der Waals surface area contributed by atoms with Gasteiger partial charge < -0.3 is 16.0 Å². The van der Waals surface area contributed by atoms with E-state index in [0.717, 1.165) is 0 Å². The number of pyridine rings is 1. The second kappa shape index (κ2) is 10.8. The minimum atomic E-state index is -0.920. The zero-order valence-electron chi connectivity index (χ0n) is 18.8. The third kappa shape index (κ3) is 5.72. The zero-order chi connectivity index (χ0) is 24.6. The standard InChI is InChI=1S/C28H24N4O3/c1-2-29-23-12-8-11-21(19-23)27(34)31-26(20-9-4-3-5-10-20)28(35)30-22-14-16-24(17-15-22)32-18-7-6-13-25(32)33/h2-19,26,29H,1H2,(H,30,35)(H,31,34). The van der Waals surface area contributed by atoms with Gasteiger partial charge in [-0.25, -0.2) is 0 Å². The lowest BCUT2D eigenvalue weighted by molar-refractivity contribution is -0.118. The first kappa shape index (κ1) is 23.3. The van der Waals surface area contributed by atoms with Crippen molar-refractivity contribution in [1.82, 2.24) is 9.88 Å². The number of hydrogen-bond acceptors (Lipinski definition) is 4. The number of carbonyl (C=O) groups excluding carboxylic acids is 2. The van der Waals surface area contributed by atoms with Crippen LogP contribution < -0.4 is 21.5 Å². The van der Waals surface area contributed by atoms with Crippen LogP contribution in [0, 0.1) is 0 Å². The summed E-state index contributed by atoms with van der Waals surface area (Å²) in [5, 5.41) is 8.64. The minimum absolute atomic E-state index is 0.150. The van der Waals surface area contributed by atoms with E-state index in [4.69, 9.17) is 0 Å². The Hall–Kier alpha value is -4.91. The maximum absolute atomic E-state index is 13.3. The molecular formula is C28H24N4O3. The summed E-state index contributed by atoms with van der Waals surface area (Å²) in [4.78, 5) is 38.3. The summed E-state index contributed by atoms with van der Waals surface area (Å²) in [6.07, 6.45) is 3.20. The van der Waals surface area contributed by atoms with Gasteiger partial charge in [0.05, 0.1) is 0 Å². The summed E-state index contributed by atoms with van der Waals surface area (Å²) >= 11 is 0. The van der Waals surface area contributed by atoms with Crippen LogP contribution in [-0.2, 0) is 4.79 Å². The van der Waals surface area contributed by atoms with Gasteiger partial charge in [0.1, 0.15) is 6.04 Å². The van der Waals surface area contributed by atoms with Crippen molar-refractivity contribution in [1.29, 1.82) is 0 Å². The van der Waals surface area contributed by atoms with Gasteiger partial charge in [-0.3, -0.25) is 19.0 Å². The summed E-state index contributed by atoms with van der Waals surface area (Å²) in [5.41, 5.74) is 2.83. The Morgan fingerprint density at radius 1 is 0.829 bits per heavy atom. The van der Waals surface area contributed by atoms with E-state index in [-0.39, 0.29) is 11.5 Å². The van der Waals surface area contributed by atoms with Crippen molar-refractivity contribution >= 4 is 23.2 Å². The summed E-state index contributed by atoms with van der Waals surface area (Å²) < 4.78 is 1.51. The first-order valence-electron chi connectivity index (χ1n) is 11.0. The van der Waals surface area contributed by atoms with Crippen molar-refractivity contribution < 1.29 is 9.59 Å². The van der Waals surface area contributed by atoms with E-state index in [2.05, 4.69) is 22.5 Å². The first-order valence-corrected chi connectivity index (χ1v) is 11.0. The molecule has 4 rings (SSSR count).